The van der Waals surface area contributed by atoms with Crippen molar-refractivity contribution < 1.29 is 17.9 Å². The Hall–Kier alpha value is -2.02. The van der Waals surface area contributed by atoms with Crippen LogP contribution in [0.4, 0.5) is 9.39 Å². The highest BCUT2D eigenvalue weighted by Crippen LogP contribution is 2.21. The van der Waals surface area contributed by atoms with Gasteiger partial charge in [0.25, 0.3) is 10.0 Å². The minimum absolute atomic E-state index is 0.0379. The number of hydrogen-bond donors (Lipinski definition) is 2. The quantitative estimate of drug-likeness (QED) is 0.819. The Labute approximate surface area is 118 Å². The molecule has 0 fully saturated rings. The molecular weight excluding hydrogens is 305 g/mol. The zero-order chi connectivity index (χ0) is 14.6. The largest absolute Gasteiger partial charge is 0.384 e. The second-order valence-corrected chi connectivity index (χ2v) is 5.92. The molecule has 0 aliphatic heterocycles. The summed E-state index contributed by atoms with van der Waals surface area (Å²) in [7, 11) is -3.93. The number of aliphatic hydroxyl groups is 1. The van der Waals surface area contributed by atoms with Crippen LogP contribution < -0.4 is 4.72 Å². The topological polar surface area (TPSA) is 92.2 Å². The van der Waals surface area contributed by atoms with E-state index in [1.807, 2.05) is 0 Å². The molecule has 0 radical (unpaired) electrons. The number of rotatable bonds is 3. The van der Waals surface area contributed by atoms with Crippen molar-refractivity contribution in [2.75, 3.05) is 11.3 Å². The summed E-state index contributed by atoms with van der Waals surface area (Å²) >= 11 is 0.870. The van der Waals surface area contributed by atoms with Gasteiger partial charge in [0.1, 0.15) is 22.3 Å². The maximum Gasteiger partial charge on any atom is 0.263 e. The average molecular weight is 313 g/mol. The lowest BCUT2D eigenvalue weighted by Gasteiger charge is -2.07. The molecule has 1 aromatic heterocycles. The Kier molecular flexibility index (Phi) is 4.29. The van der Waals surface area contributed by atoms with Crippen molar-refractivity contribution in [3.63, 3.8) is 0 Å². The Bertz CT molecular complexity index is 764. The van der Waals surface area contributed by atoms with E-state index < -0.39 is 22.4 Å². The molecule has 6 nitrogen and oxygen atoms in total. The second-order valence-electron chi connectivity index (χ2n) is 3.49. The van der Waals surface area contributed by atoms with Gasteiger partial charge >= 0.3 is 0 Å². The van der Waals surface area contributed by atoms with E-state index in [2.05, 4.69) is 26.1 Å². The smallest absolute Gasteiger partial charge is 0.263 e. The number of sulfonamides is 1. The summed E-state index contributed by atoms with van der Waals surface area (Å²) in [5.74, 6) is 4.07. The summed E-state index contributed by atoms with van der Waals surface area (Å²) in [4.78, 5) is -0.187. The lowest BCUT2D eigenvalue weighted by molar-refractivity contribution is 0.350. The van der Waals surface area contributed by atoms with Gasteiger partial charge in [0.2, 0.25) is 0 Å². The highest BCUT2D eigenvalue weighted by Gasteiger charge is 2.19. The van der Waals surface area contributed by atoms with Crippen molar-refractivity contribution in [1.82, 2.24) is 9.59 Å². The minimum Gasteiger partial charge on any atom is -0.384 e. The van der Waals surface area contributed by atoms with Crippen molar-refractivity contribution in [2.24, 2.45) is 0 Å². The molecule has 0 aliphatic rings. The fourth-order valence-electron chi connectivity index (χ4n) is 1.37. The number of halogens is 1. The Morgan fingerprint density at radius 3 is 2.90 bits per heavy atom. The van der Waals surface area contributed by atoms with Crippen LogP contribution >= 0.6 is 11.5 Å². The van der Waals surface area contributed by atoms with Gasteiger partial charge in [0.05, 0.1) is 6.20 Å². The van der Waals surface area contributed by atoms with E-state index in [0.29, 0.717) is 0 Å². The molecule has 0 saturated heterocycles. The second kappa shape index (κ2) is 5.96. The van der Waals surface area contributed by atoms with Crippen LogP contribution in [-0.2, 0) is 10.0 Å². The van der Waals surface area contributed by atoms with Crippen LogP contribution in [0.5, 0.6) is 0 Å². The summed E-state index contributed by atoms with van der Waals surface area (Å²) in [6, 6.07) is 3.11. The molecule has 1 heterocycles. The Morgan fingerprint density at radius 2 is 2.25 bits per heavy atom. The van der Waals surface area contributed by atoms with Crippen LogP contribution in [0.25, 0.3) is 0 Å². The van der Waals surface area contributed by atoms with Gasteiger partial charge in [-0.2, -0.15) is 0 Å². The van der Waals surface area contributed by atoms with E-state index in [-0.39, 0.29) is 15.5 Å². The highest BCUT2D eigenvalue weighted by molar-refractivity contribution is 7.93. The summed E-state index contributed by atoms with van der Waals surface area (Å²) in [5, 5.41) is 12.4. The molecule has 9 heteroatoms. The number of aromatic nitrogens is 2. The Balaban J connectivity index is 2.45. The van der Waals surface area contributed by atoms with Crippen LogP contribution in [0.3, 0.4) is 0 Å². The number of nitrogens with zero attached hydrogens (tertiary/aromatic N) is 2. The number of benzene rings is 1. The van der Waals surface area contributed by atoms with Crippen molar-refractivity contribution >= 4 is 26.6 Å². The van der Waals surface area contributed by atoms with Crippen molar-refractivity contribution in [3.8, 4) is 11.8 Å². The van der Waals surface area contributed by atoms with Crippen molar-refractivity contribution in [2.45, 2.75) is 4.90 Å². The molecule has 2 N–H and O–H groups in total. The molecule has 0 aliphatic carbocycles. The summed E-state index contributed by atoms with van der Waals surface area (Å²) < 4.78 is 43.3. The predicted octanol–water partition coefficient (Wildman–Crippen LogP) is 0.822. The minimum atomic E-state index is -3.93. The first-order chi connectivity index (χ1) is 9.53. The lowest BCUT2D eigenvalue weighted by atomic mass is 10.2. The van der Waals surface area contributed by atoms with Gasteiger partial charge in [-0.25, -0.2) is 12.8 Å². The van der Waals surface area contributed by atoms with Crippen LogP contribution in [0.15, 0.2) is 29.3 Å². The number of anilines is 1. The third-order valence-corrected chi connectivity index (χ3v) is 4.26. The first-order valence-electron chi connectivity index (χ1n) is 5.22. The molecule has 2 aromatic rings. The fourth-order valence-corrected chi connectivity index (χ4v) is 3.20. The number of hydrogen-bond acceptors (Lipinski definition) is 6. The summed E-state index contributed by atoms with van der Waals surface area (Å²) in [6.07, 6.45) is 1.25. The third kappa shape index (κ3) is 3.30. The molecule has 104 valence electrons. The van der Waals surface area contributed by atoms with Gasteiger partial charge in [-0.15, -0.1) is 5.10 Å². The molecule has 0 spiro atoms. The molecule has 2 rings (SSSR count). The molecule has 0 amide bonds. The zero-order valence-electron chi connectivity index (χ0n) is 9.87. The molecule has 0 saturated carbocycles. The Morgan fingerprint density at radius 1 is 1.45 bits per heavy atom. The fraction of sp³-hybridized carbons (Fsp3) is 0.0909. The zero-order valence-corrected chi connectivity index (χ0v) is 11.5. The van der Waals surface area contributed by atoms with Gasteiger partial charge in [0, 0.05) is 17.1 Å². The maximum absolute atomic E-state index is 13.2. The maximum atomic E-state index is 13.2. The molecule has 0 bridgehead atoms. The number of aliphatic hydroxyl groups excluding tert-OH is 1. The molecule has 1 aromatic carbocycles. The van der Waals surface area contributed by atoms with E-state index in [4.69, 9.17) is 5.11 Å². The van der Waals surface area contributed by atoms with Gasteiger partial charge < -0.3 is 5.11 Å². The van der Waals surface area contributed by atoms with Crippen LogP contribution in [0, 0.1) is 17.7 Å². The van der Waals surface area contributed by atoms with Crippen molar-refractivity contribution in [1.29, 1.82) is 0 Å². The van der Waals surface area contributed by atoms with Crippen LogP contribution in [-0.4, -0.2) is 29.7 Å². The van der Waals surface area contributed by atoms with E-state index in [1.54, 1.807) is 0 Å². The van der Waals surface area contributed by atoms with E-state index in [1.165, 1.54) is 6.20 Å². The standard InChI is InChI=1S/C11H8FN3O3S2/c12-9-3-4-10(8(6-9)2-1-5-16)20(17,18)14-11-7-13-15-19-11/h3-4,6-7,14,16H,5H2. The van der Waals surface area contributed by atoms with Crippen molar-refractivity contribution in [3.05, 3.63) is 35.8 Å². The predicted molar refractivity (Wildman–Crippen MR) is 71.1 cm³/mol. The number of nitrogens with one attached hydrogen (secondary N) is 1. The highest BCUT2D eigenvalue weighted by atomic mass is 32.2. The van der Waals surface area contributed by atoms with Gasteiger partial charge in [-0.05, 0) is 18.2 Å². The van der Waals surface area contributed by atoms with Crippen LogP contribution in [0.1, 0.15) is 5.56 Å². The monoisotopic (exact) mass is 313 g/mol. The summed E-state index contributed by atoms with van der Waals surface area (Å²) in [6.45, 7) is -0.456. The van der Waals surface area contributed by atoms with E-state index in [0.717, 1.165) is 29.7 Å². The molecule has 20 heavy (non-hydrogen) atoms. The van der Waals surface area contributed by atoms with Crippen LogP contribution in [0.2, 0.25) is 0 Å². The molecule has 0 atom stereocenters. The first-order valence-corrected chi connectivity index (χ1v) is 7.48. The SMILES string of the molecule is O=S(=O)(Nc1cnns1)c1ccc(F)cc1C#CCO. The third-order valence-electron chi connectivity index (χ3n) is 2.13. The first kappa shape index (κ1) is 14.4. The van der Waals surface area contributed by atoms with Gasteiger partial charge in [-0.1, -0.05) is 16.3 Å². The molecular formula is C11H8FN3O3S2. The average Bonchev–Trinajstić information content (AvgIpc) is 2.88. The van der Waals surface area contributed by atoms with Gasteiger partial charge in [0.15, 0.2) is 0 Å². The van der Waals surface area contributed by atoms with E-state index >= 15 is 0 Å². The summed E-state index contributed by atoms with van der Waals surface area (Å²) in [5.41, 5.74) is -0.0379. The van der Waals surface area contributed by atoms with Gasteiger partial charge in [-0.3, -0.25) is 4.72 Å². The molecule has 0 unspecified atom stereocenters. The normalized spacial score (nSPS) is 10.7. The lowest BCUT2D eigenvalue weighted by Crippen LogP contribution is -2.13. The van der Waals surface area contributed by atoms with E-state index in [9.17, 15) is 12.8 Å².